The molecule has 1 heterocycles. The summed E-state index contributed by atoms with van der Waals surface area (Å²) in [6.45, 7) is 1.70. The molecular formula is C21H28FN3O3. The van der Waals surface area contributed by atoms with E-state index >= 15 is 0 Å². The van der Waals surface area contributed by atoms with E-state index in [-0.39, 0.29) is 18.5 Å². The summed E-state index contributed by atoms with van der Waals surface area (Å²) in [6, 6.07) is 5.14. The lowest BCUT2D eigenvalue weighted by Crippen LogP contribution is -2.46. The van der Waals surface area contributed by atoms with Crippen LogP contribution in [0.1, 0.15) is 63.9 Å². The van der Waals surface area contributed by atoms with Crippen LogP contribution in [0.2, 0.25) is 0 Å². The van der Waals surface area contributed by atoms with Crippen LogP contribution < -0.4 is 10.6 Å². The van der Waals surface area contributed by atoms with E-state index in [2.05, 4.69) is 10.6 Å². The molecule has 2 fully saturated rings. The number of imide groups is 1. The van der Waals surface area contributed by atoms with Crippen molar-refractivity contribution < 1.29 is 18.8 Å². The number of carbonyl (C=O) groups excluding carboxylic acids is 3. The third kappa shape index (κ3) is 4.18. The topological polar surface area (TPSA) is 78.5 Å². The second-order valence-electron chi connectivity index (χ2n) is 7.74. The Balaban J connectivity index is 1.76. The highest BCUT2D eigenvalue weighted by molar-refractivity contribution is 6.09. The molecule has 1 saturated heterocycles. The lowest BCUT2D eigenvalue weighted by Gasteiger charge is -2.27. The van der Waals surface area contributed by atoms with E-state index in [0.29, 0.717) is 18.4 Å². The van der Waals surface area contributed by atoms with Crippen LogP contribution in [0.3, 0.4) is 0 Å². The van der Waals surface area contributed by atoms with Crippen molar-refractivity contribution in [2.75, 3.05) is 6.54 Å². The van der Waals surface area contributed by atoms with E-state index in [1.54, 1.807) is 0 Å². The quantitative estimate of drug-likeness (QED) is 0.703. The van der Waals surface area contributed by atoms with Crippen molar-refractivity contribution in [3.8, 4) is 0 Å². The lowest BCUT2D eigenvalue weighted by atomic mass is 9.85. The highest BCUT2D eigenvalue weighted by atomic mass is 19.1. The minimum atomic E-state index is -1.24. The van der Waals surface area contributed by atoms with Gasteiger partial charge in [-0.2, -0.15) is 0 Å². The van der Waals surface area contributed by atoms with E-state index < -0.39 is 23.3 Å². The Bertz CT molecular complexity index is 731. The summed E-state index contributed by atoms with van der Waals surface area (Å²) < 4.78 is 13.4. The second kappa shape index (κ2) is 8.71. The zero-order valence-electron chi connectivity index (χ0n) is 16.3. The number of halogens is 1. The predicted molar refractivity (Wildman–Crippen MR) is 103 cm³/mol. The van der Waals surface area contributed by atoms with E-state index in [1.807, 2.05) is 6.92 Å². The van der Waals surface area contributed by atoms with E-state index in [0.717, 1.165) is 37.0 Å². The number of hydrogen-bond acceptors (Lipinski definition) is 3. The van der Waals surface area contributed by atoms with E-state index in [4.69, 9.17) is 0 Å². The summed E-state index contributed by atoms with van der Waals surface area (Å²) in [4.78, 5) is 39.2. The minimum Gasteiger partial charge on any atom is -0.352 e. The largest absolute Gasteiger partial charge is 0.352 e. The van der Waals surface area contributed by atoms with Crippen LogP contribution in [0.15, 0.2) is 24.3 Å². The second-order valence-corrected chi connectivity index (χ2v) is 7.74. The van der Waals surface area contributed by atoms with Crippen molar-refractivity contribution in [3.05, 3.63) is 35.6 Å². The van der Waals surface area contributed by atoms with Crippen LogP contribution in [0, 0.1) is 5.82 Å². The average molecular weight is 389 g/mol. The molecular weight excluding hydrogens is 361 g/mol. The third-order valence-electron chi connectivity index (χ3n) is 5.69. The molecule has 0 aromatic heterocycles. The first-order valence-electron chi connectivity index (χ1n) is 10.2. The number of nitrogens with one attached hydrogen (secondary N) is 2. The monoisotopic (exact) mass is 389 g/mol. The summed E-state index contributed by atoms with van der Waals surface area (Å²) in [5.41, 5.74) is -0.706. The van der Waals surface area contributed by atoms with Crippen molar-refractivity contribution in [1.82, 2.24) is 15.5 Å². The van der Waals surface area contributed by atoms with Gasteiger partial charge in [0.05, 0.1) is 0 Å². The van der Waals surface area contributed by atoms with Gasteiger partial charge < -0.3 is 10.6 Å². The Morgan fingerprint density at radius 1 is 1.21 bits per heavy atom. The fourth-order valence-corrected chi connectivity index (χ4v) is 4.12. The molecule has 1 aliphatic carbocycles. The molecule has 1 aromatic rings. The maximum atomic E-state index is 13.4. The smallest absolute Gasteiger partial charge is 0.325 e. The van der Waals surface area contributed by atoms with Gasteiger partial charge in [0.25, 0.3) is 5.91 Å². The van der Waals surface area contributed by atoms with Gasteiger partial charge in [0, 0.05) is 6.04 Å². The van der Waals surface area contributed by atoms with Gasteiger partial charge in [-0.05, 0) is 37.0 Å². The SMILES string of the molecule is CCCCC1(c2ccc(F)cc2)NC(=O)N(CC(=O)NC2CCCCC2)C1=O. The molecule has 4 amide bonds. The molecule has 1 aliphatic heterocycles. The number of benzene rings is 1. The number of nitrogens with zero attached hydrogens (tertiary/aromatic N) is 1. The van der Waals surface area contributed by atoms with Gasteiger partial charge in [-0.1, -0.05) is 51.2 Å². The van der Waals surface area contributed by atoms with Crippen molar-refractivity contribution in [2.45, 2.75) is 69.9 Å². The van der Waals surface area contributed by atoms with Crippen LogP contribution in [-0.4, -0.2) is 35.3 Å². The Kier molecular flexibility index (Phi) is 6.31. The van der Waals surface area contributed by atoms with Crippen LogP contribution in [-0.2, 0) is 15.1 Å². The van der Waals surface area contributed by atoms with Gasteiger partial charge in [-0.15, -0.1) is 0 Å². The molecule has 0 radical (unpaired) electrons. The summed E-state index contributed by atoms with van der Waals surface area (Å²) in [6.07, 6.45) is 7.17. The first-order valence-corrected chi connectivity index (χ1v) is 10.2. The maximum Gasteiger partial charge on any atom is 0.325 e. The molecule has 0 bridgehead atoms. The van der Waals surface area contributed by atoms with E-state index in [9.17, 15) is 18.8 Å². The average Bonchev–Trinajstić information content (AvgIpc) is 2.93. The van der Waals surface area contributed by atoms with Gasteiger partial charge >= 0.3 is 6.03 Å². The first kappa shape index (κ1) is 20.3. The van der Waals surface area contributed by atoms with Crippen molar-refractivity contribution in [1.29, 1.82) is 0 Å². The van der Waals surface area contributed by atoms with Crippen LogP contribution in [0.25, 0.3) is 0 Å². The molecule has 6 nitrogen and oxygen atoms in total. The zero-order chi connectivity index (χ0) is 20.1. The van der Waals surface area contributed by atoms with Crippen molar-refractivity contribution >= 4 is 17.8 Å². The summed E-state index contributed by atoms with van der Waals surface area (Å²) in [7, 11) is 0. The number of unbranched alkanes of at least 4 members (excludes halogenated alkanes) is 1. The van der Waals surface area contributed by atoms with Gasteiger partial charge in [-0.3, -0.25) is 14.5 Å². The fourth-order valence-electron chi connectivity index (χ4n) is 4.12. The number of rotatable bonds is 7. The van der Waals surface area contributed by atoms with Crippen molar-refractivity contribution in [2.24, 2.45) is 0 Å². The summed E-state index contributed by atoms with van der Waals surface area (Å²) in [5, 5.41) is 5.72. The fraction of sp³-hybridized carbons (Fsp3) is 0.571. The number of carbonyl (C=O) groups is 3. The molecule has 1 saturated carbocycles. The van der Waals surface area contributed by atoms with Gasteiger partial charge in [0.1, 0.15) is 17.9 Å². The molecule has 2 aliphatic rings. The number of urea groups is 1. The molecule has 28 heavy (non-hydrogen) atoms. The molecule has 2 N–H and O–H groups in total. The van der Waals surface area contributed by atoms with Gasteiger partial charge in [0.15, 0.2) is 0 Å². The molecule has 0 spiro atoms. The maximum absolute atomic E-state index is 13.4. The van der Waals surface area contributed by atoms with Gasteiger partial charge in [0.2, 0.25) is 5.91 Å². The lowest BCUT2D eigenvalue weighted by molar-refractivity contribution is -0.135. The number of hydrogen-bond donors (Lipinski definition) is 2. The molecule has 1 aromatic carbocycles. The highest BCUT2D eigenvalue weighted by Crippen LogP contribution is 2.34. The molecule has 152 valence electrons. The normalized spacial score (nSPS) is 23.0. The zero-order valence-corrected chi connectivity index (χ0v) is 16.3. The minimum absolute atomic E-state index is 0.115. The van der Waals surface area contributed by atoms with Crippen LogP contribution >= 0.6 is 0 Å². The third-order valence-corrected chi connectivity index (χ3v) is 5.69. The summed E-state index contributed by atoms with van der Waals surface area (Å²) in [5.74, 6) is -1.17. The first-order chi connectivity index (χ1) is 13.5. The van der Waals surface area contributed by atoms with Crippen LogP contribution in [0.5, 0.6) is 0 Å². The Labute approximate surface area is 164 Å². The molecule has 1 unspecified atom stereocenters. The van der Waals surface area contributed by atoms with E-state index in [1.165, 1.54) is 30.7 Å². The molecule has 3 rings (SSSR count). The Hall–Kier alpha value is -2.44. The summed E-state index contributed by atoms with van der Waals surface area (Å²) >= 11 is 0. The molecule has 7 heteroatoms. The Morgan fingerprint density at radius 2 is 1.89 bits per heavy atom. The Morgan fingerprint density at radius 3 is 2.54 bits per heavy atom. The van der Waals surface area contributed by atoms with Gasteiger partial charge in [-0.25, -0.2) is 9.18 Å². The number of amides is 4. The predicted octanol–water partition coefficient (Wildman–Crippen LogP) is 3.21. The standard InChI is InChI=1S/C21H28FN3O3/c1-2-3-13-21(15-9-11-16(22)12-10-15)19(27)25(20(28)24-21)14-18(26)23-17-7-5-4-6-8-17/h9-12,17H,2-8,13-14H2,1H3,(H,23,26)(H,24,28). The van der Waals surface area contributed by atoms with Crippen LogP contribution in [0.4, 0.5) is 9.18 Å². The van der Waals surface area contributed by atoms with Crippen molar-refractivity contribution in [3.63, 3.8) is 0 Å². The highest BCUT2D eigenvalue weighted by Gasteiger charge is 2.52. The molecule has 1 atom stereocenters.